The Morgan fingerprint density at radius 3 is 2.38 bits per heavy atom. The Balaban J connectivity index is 1.68. The Morgan fingerprint density at radius 2 is 1.77 bits per heavy atom. The summed E-state index contributed by atoms with van der Waals surface area (Å²) in [7, 11) is 0. The second-order valence-electron chi connectivity index (χ2n) is 6.76. The van der Waals surface area contributed by atoms with Gasteiger partial charge in [-0.25, -0.2) is 4.39 Å². The molecular formula is C21H27FN4. The van der Waals surface area contributed by atoms with Crippen LogP contribution in [-0.4, -0.2) is 43.3 Å². The molecule has 1 heterocycles. The first-order valence-electron chi connectivity index (χ1n) is 9.21. The lowest BCUT2D eigenvalue weighted by Crippen LogP contribution is -2.46. The summed E-state index contributed by atoms with van der Waals surface area (Å²) in [6.07, 6.45) is 0. The van der Waals surface area contributed by atoms with Gasteiger partial charge in [-0.3, -0.25) is 5.43 Å². The summed E-state index contributed by atoms with van der Waals surface area (Å²) in [4.78, 5) is 4.51. The number of anilines is 2. The van der Waals surface area contributed by atoms with E-state index in [4.69, 9.17) is 0 Å². The minimum Gasteiger partial charge on any atom is -0.367 e. The van der Waals surface area contributed by atoms with Gasteiger partial charge in [0.1, 0.15) is 5.82 Å². The molecule has 0 amide bonds. The first kappa shape index (κ1) is 18.4. The summed E-state index contributed by atoms with van der Waals surface area (Å²) in [5, 5.41) is 4.38. The van der Waals surface area contributed by atoms with Crippen LogP contribution in [0.15, 0.2) is 47.6 Å². The van der Waals surface area contributed by atoms with Crippen molar-refractivity contribution < 1.29 is 4.39 Å². The molecule has 138 valence electrons. The maximum atomic E-state index is 14.7. The summed E-state index contributed by atoms with van der Waals surface area (Å²) in [5.74, 6) is -0.183. The number of hydrazone groups is 1. The molecule has 2 aromatic rings. The van der Waals surface area contributed by atoms with E-state index in [1.807, 2.05) is 50.2 Å². The Labute approximate surface area is 155 Å². The van der Waals surface area contributed by atoms with Crippen molar-refractivity contribution in [2.24, 2.45) is 5.10 Å². The third-order valence-electron chi connectivity index (χ3n) is 4.93. The molecule has 0 atom stereocenters. The summed E-state index contributed by atoms with van der Waals surface area (Å²) in [6.45, 7) is 10.9. The molecule has 26 heavy (non-hydrogen) atoms. The van der Waals surface area contributed by atoms with Crippen molar-refractivity contribution in [3.63, 3.8) is 0 Å². The molecule has 0 aliphatic carbocycles. The molecule has 1 aliphatic rings. The van der Waals surface area contributed by atoms with E-state index in [2.05, 4.69) is 27.3 Å². The van der Waals surface area contributed by atoms with Crippen LogP contribution in [0.2, 0.25) is 0 Å². The van der Waals surface area contributed by atoms with Gasteiger partial charge in [0.2, 0.25) is 0 Å². The van der Waals surface area contributed by atoms with Crippen molar-refractivity contribution in [1.82, 2.24) is 4.90 Å². The second-order valence-corrected chi connectivity index (χ2v) is 6.76. The lowest BCUT2D eigenvalue weighted by molar-refractivity contribution is 0.270. The topological polar surface area (TPSA) is 30.9 Å². The number of halogens is 1. The third-order valence-corrected chi connectivity index (χ3v) is 4.93. The highest BCUT2D eigenvalue weighted by atomic mass is 19.1. The van der Waals surface area contributed by atoms with Crippen LogP contribution in [0.3, 0.4) is 0 Å². The summed E-state index contributed by atoms with van der Waals surface area (Å²) in [6, 6.07) is 13.4. The van der Waals surface area contributed by atoms with Crippen LogP contribution in [0.4, 0.5) is 15.8 Å². The lowest BCUT2D eigenvalue weighted by atomic mass is 10.1. The van der Waals surface area contributed by atoms with Crippen molar-refractivity contribution in [2.75, 3.05) is 43.0 Å². The Hall–Kier alpha value is -2.40. The fourth-order valence-electron chi connectivity index (χ4n) is 3.13. The van der Waals surface area contributed by atoms with Crippen molar-refractivity contribution >= 4 is 17.1 Å². The highest BCUT2D eigenvalue weighted by Gasteiger charge is 2.18. The van der Waals surface area contributed by atoms with Crippen molar-refractivity contribution in [1.29, 1.82) is 0 Å². The highest BCUT2D eigenvalue weighted by molar-refractivity contribution is 5.99. The number of hydrogen-bond donors (Lipinski definition) is 1. The molecule has 1 aliphatic heterocycles. The molecule has 0 bridgehead atoms. The zero-order valence-electron chi connectivity index (χ0n) is 15.8. The molecule has 1 fully saturated rings. The highest BCUT2D eigenvalue weighted by Crippen LogP contribution is 2.22. The first-order chi connectivity index (χ1) is 12.6. The largest absolute Gasteiger partial charge is 0.367 e. The van der Waals surface area contributed by atoms with E-state index in [1.54, 1.807) is 6.07 Å². The van der Waals surface area contributed by atoms with Crippen LogP contribution in [0, 0.1) is 12.7 Å². The van der Waals surface area contributed by atoms with E-state index in [0.717, 1.165) is 49.7 Å². The summed E-state index contributed by atoms with van der Waals surface area (Å²) < 4.78 is 14.7. The van der Waals surface area contributed by atoms with Gasteiger partial charge in [-0.05, 0) is 44.7 Å². The maximum absolute atomic E-state index is 14.7. The predicted molar refractivity (Wildman–Crippen MR) is 108 cm³/mol. The molecule has 4 nitrogen and oxygen atoms in total. The molecule has 1 N–H and O–H groups in total. The zero-order chi connectivity index (χ0) is 18.5. The number of nitrogens with zero attached hydrogens (tertiary/aromatic N) is 3. The van der Waals surface area contributed by atoms with Gasteiger partial charge < -0.3 is 9.80 Å². The van der Waals surface area contributed by atoms with Crippen LogP contribution in [0.25, 0.3) is 0 Å². The van der Waals surface area contributed by atoms with Crippen LogP contribution in [-0.2, 0) is 0 Å². The van der Waals surface area contributed by atoms with Gasteiger partial charge in [0.05, 0.1) is 17.1 Å². The van der Waals surface area contributed by atoms with Crippen LogP contribution >= 0.6 is 0 Å². The smallest absolute Gasteiger partial charge is 0.147 e. The predicted octanol–water partition coefficient (Wildman–Crippen LogP) is 4.11. The molecule has 5 heteroatoms. The average Bonchev–Trinajstić information content (AvgIpc) is 2.67. The van der Waals surface area contributed by atoms with Crippen molar-refractivity contribution in [2.45, 2.75) is 20.8 Å². The number of nitrogens with one attached hydrogen (secondary N) is 1. The van der Waals surface area contributed by atoms with E-state index in [0.29, 0.717) is 5.69 Å². The van der Waals surface area contributed by atoms with Gasteiger partial charge in [-0.15, -0.1) is 0 Å². The van der Waals surface area contributed by atoms with Crippen LogP contribution in [0.5, 0.6) is 0 Å². The van der Waals surface area contributed by atoms with E-state index in [1.165, 1.54) is 5.56 Å². The molecular weight excluding hydrogens is 327 g/mol. The van der Waals surface area contributed by atoms with Gasteiger partial charge in [0, 0.05) is 31.7 Å². The van der Waals surface area contributed by atoms with Gasteiger partial charge in [0.25, 0.3) is 0 Å². The van der Waals surface area contributed by atoms with Crippen molar-refractivity contribution in [3.05, 3.63) is 59.4 Å². The monoisotopic (exact) mass is 354 g/mol. The van der Waals surface area contributed by atoms with Gasteiger partial charge in [-0.1, -0.05) is 30.7 Å². The molecule has 0 unspecified atom stereocenters. The minimum atomic E-state index is -0.183. The molecule has 1 saturated heterocycles. The van der Waals surface area contributed by atoms with Gasteiger partial charge in [-0.2, -0.15) is 5.10 Å². The second kappa shape index (κ2) is 8.32. The number of hydrogen-bond acceptors (Lipinski definition) is 4. The fourth-order valence-corrected chi connectivity index (χ4v) is 3.13. The van der Waals surface area contributed by atoms with Gasteiger partial charge in [0.15, 0.2) is 0 Å². The van der Waals surface area contributed by atoms with Crippen LogP contribution in [0.1, 0.15) is 25.0 Å². The molecule has 3 rings (SSSR count). The molecule has 0 radical (unpaired) electrons. The summed E-state index contributed by atoms with van der Waals surface area (Å²) >= 11 is 0. The van der Waals surface area contributed by atoms with E-state index in [-0.39, 0.29) is 5.82 Å². The fraction of sp³-hybridized carbons (Fsp3) is 0.381. The number of benzene rings is 2. The number of rotatable bonds is 5. The quantitative estimate of drug-likeness (QED) is 0.647. The number of likely N-dealkylation sites (N-methyl/N-ethyl adjacent to an activating group) is 1. The normalized spacial score (nSPS) is 16.0. The van der Waals surface area contributed by atoms with Crippen molar-refractivity contribution in [3.8, 4) is 0 Å². The summed E-state index contributed by atoms with van der Waals surface area (Å²) in [5.41, 5.74) is 7.38. The standard InChI is InChI=1S/C21H27FN4/c1-4-25-11-13-26(14-12-25)21-10-7-18(15-20(21)22)17(3)23-24-19-8-5-16(2)6-9-19/h5-10,15,24H,4,11-14H2,1-3H3/b23-17-. The molecule has 0 saturated carbocycles. The molecule has 2 aromatic carbocycles. The number of aryl methyl sites for hydroxylation is 1. The van der Waals surface area contributed by atoms with E-state index < -0.39 is 0 Å². The zero-order valence-corrected chi connectivity index (χ0v) is 15.8. The lowest BCUT2D eigenvalue weighted by Gasteiger charge is -2.35. The first-order valence-corrected chi connectivity index (χ1v) is 9.21. The van der Waals surface area contributed by atoms with Crippen LogP contribution < -0.4 is 10.3 Å². The number of piperazine rings is 1. The molecule has 0 aromatic heterocycles. The maximum Gasteiger partial charge on any atom is 0.147 e. The average molecular weight is 354 g/mol. The Morgan fingerprint density at radius 1 is 1.08 bits per heavy atom. The SMILES string of the molecule is CCN1CCN(c2ccc(/C(C)=N\Nc3ccc(C)cc3)cc2F)CC1. The van der Waals surface area contributed by atoms with E-state index >= 15 is 0 Å². The van der Waals surface area contributed by atoms with Gasteiger partial charge >= 0.3 is 0 Å². The Kier molecular flexibility index (Phi) is 5.89. The van der Waals surface area contributed by atoms with E-state index in [9.17, 15) is 4.39 Å². The molecule has 0 spiro atoms. The minimum absolute atomic E-state index is 0.183. The Bertz CT molecular complexity index is 762. The third kappa shape index (κ3) is 4.41.